The van der Waals surface area contributed by atoms with E-state index in [-0.39, 0.29) is 29.0 Å². The van der Waals surface area contributed by atoms with Crippen LogP contribution >= 0.6 is 0 Å². The fraction of sp³-hybridized carbons (Fsp3) is 0.867. The number of anilines is 1. The number of nitrogens with one attached hydrogen (secondary N) is 1. The largest absolute Gasteiger partial charge is 0.393 e. The van der Waals surface area contributed by atoms with E-state index < -0.39 is 5.60 Å². The lowest BCUT2D eigenvalue weighted by molar-refractivity contribution is -0.180. The Morgan fingerprint density at radius 1 is 0.880 bits per heavy atom. The maximum absolute atomic E-state index is 12.2. The van der Waals surface area contributed by atoms with Crippen LogP contribution in [0.5, 0.6) is 0 Å². The van der Waals surface area contributed by atoms with Crippen LogP contribution in [0.1, 0.15) is 136 Å². The Kier molecular flexibility index (Phi) is 9.55. The number of aliphatic hydroxyl groups excluding tert-OH is 2. The summed E-state index contributed by atoms with van der Waals surface area (Å²) in [5.41, 5.74) is 2.17. The van der Waals surface area contributed by atoms with Gasteiger partial charge in [0.05, 0.1) is 17.8 Å². The van der Waals surface area contributed by atoms with Gasteiger partial charge in [0.2, 0.25) is 0 Å². The molecule has 0 radical (unpaired) electrons. The second-order valence-corrected chi connectivity index (χ2v) is 20.7. The van der Waals surface area contributed by atoms with E-state index in [1.165, 1.54) is 62.7 Å². The molecule has 5 nitrogen and oxygen atoms in total. The minimum Gasteiger partial charge on any atom is -0.393 e. The fourth-order valence-corrected chi connectivity index (χ4v) is 15.2. The van der Waals surface area contributed by atoms with Crippen molar-refractivity contribution < 1.29 is 15.3 Å². The molecule has 0 amide bonds. The summed E-state index contributed by atoms with van der Waals surface area (Å²) in [6.07, 6.45) is 15.6. The van der Waals surface area contributed by atoms with Crippen molar-refractivity contribution in [2.75, 3.05) is 25.5 Å². The molecule has 1 aromatic carbocycles. The smallest absolute Gasteiger partial charge is 0.0805 e. The SMILES string of the molecule is CNc1cccc([C@H](CCC(C)C)C[C@H]2CC[C@@]3(C2)C[C@]2(C)[C@@H]4C[C@H]5[C@H](CC[C@@H]6[C@H]5CN5C[C@H](C)CC[C@@H]5[C@@]6(C)O)[C@@H]4C[C@H](O)[C@@H]2C[C@H]3O)c1. The predicted molar refractivity (Wildman–Crippen MR) is 204 cm³/mol. The van der Waals surface area contributed by atoms with Crippen LogP contribution in [-0.4, -0.2) is 64.2 Å². The van der Waals surface area contributed by atoms with Crippen molar-refractivity contribution in [3.05, 3.63) is 29.8 Å². The standard InChI is InChI=1S/C45H72N2O3/c1-27(2)10-12-31(30-8-7-9-32(19-30)46-6)18-29-16-17-45(23-29)26-43(4)38-20-34-33(35(38)21-40(48)39(43)22-42(45)49)13-14-37-36(34)25-47-24-28(3)11-15-41(47)44(37,5)50/h7-9,19,27-29,31,33-42,46,48-50H,10-18,20-26H2,1-6H3/t28-,29-,31-,33+,34+,35+,36+,37-,38-,39+,40+,41-,42-,43-,44+,45-/m1/s1. The molecule has 2 saturated heterocycles. The van der Waals surface area contributed by atoms with Gasteiger partial charge in [0.15, 0.2) is 0 Å². The van der Waals surface area contributed by atoms with Crippen LogP contribution in [0.25, 0.3) is 0 Å². The number of nitrogens with zero attached hydrogens (tertiary/aromatic N) is 1. The molecule has 5 saturated carbocycles. The van der Waals surface area contributed by atoms with Gasteiger partial charge in [0.1, 0.15) is 0 Å². The maximum atomic E-state index is 12.2. The highest BCUT2D eigenvalue weighted by atomic mass is 16.3. The van der Waals surface area contributed by atoms with Crippen LogP contribution in [0.3, 0.4) is 0 Å². The van der Waals surface area contributed by atoms with E-state index in [0.29, 0.717) is 59.3 Å². The lowest BCUT2D eigenvalue weighted by Crippen LogP contribution is -2.67. The van der Waals surface area contributed by atoms with Gasteiger partial charge in [-0.25, -0.2) is 0 Å². The molecule has 2 aliphatic heterocycles. The molecule has 16 atom stereocenters. The van der Waals surface area contributed by atoms with Crippen LogP contribution in [-0.2, 0) is 0 Å². The predicted octanol–water partition coefficient (Wildman–Crippen LogP) is 8.73. The van der Waals surface area contributed by atoms with Crippen molar-refractivity contribution in [1.82, 2.24) is 4.90 Å². The van der Waals surface area contributed by atoms with Gasteiger partial charge in [0, 0.05) is 31.9 Å². The maximum Gasteiger partial charge on any atom is 0.0805 e. The Morgan fingerprint density at radius 2 is 1.70 bits per heavy atom. The summed E-state index contributed by atoms with van der Waals surface area (Å²) in [5.74, 6) is 6.46. The van der Waals surface area contributed by atoms with Crippen LogP contribution in [0.2, 0.25) is 0 Å². The Hall–Kier alpha value is -1.14. The molecule has 1 aromatic rings. The summed E-state index contributed by atoms with van der Waals surface area (Å²) < 4.78 is 0. The van der Waals surface area contributed by atoms with Crippen LogP contribution in [0.15, 0.2) is 24.3 Å². The number of hydrogen-bond donors (Lipinski definition) is 4. The van der Waals surface area contributed by atoms with E-state index in [2.05, 4.69) is 69.1 Å². The summed E-state index contributed by atoms with van der Waals surface area (Å²) in [6, 6.07) is 9.45. The molecule has 5 heteroatoms. The van der Waals surface area contributed by atoms with Gasteiger partial charge in [-0.1, -0.05) is 46.2 Å². The van der Waals surface area contributed by atoms with Gasteiger partial charge in [0.25, 0.3) is 0 Å². The third-order valence-electron chi connectivity index (χ3n) is 17.5. The third-order valence-corrected chi connectivity index (χ3v) is 17.5. The van der Waals surface area contributed by atoms with Crippen molar-refractivity contribution in [2.24, 2.45) is 70.0 Å². The monoisotopic (exact) mass is 689 g/mol. The Morgan fingerprint density at radius 3 is 2.48 bits per heavy atom. The highest BCUT2D eigenvalue weighted by Gasteiger charge is 2.67. The zero-order valence-corrected chi connectivity index (χ0v) is 32.5. The normalized spacial score (nSPS) is 49.2. The number of rotatable bonds is 7. The molecular formula is C45H72N2O3. The third kappa shape index (κ3) is 5.94. The molecule has 0 aromatic heterocycles. The lowest BCUT2D eigenvalue weighted by atomic mass is 9.46. The van der Waals surface area contributed by atoms with Gasteiger partial charge < -0.3 is 20.6 Å². The van der Waals surface area contributed by atoms with Gasteiger partial charge in [-0.15, -0.1) is 0 Å². The molecule has 4 N–H and O–H groups in total. The van der Waals surface area contributed by atoms with Crippen LogP contribution < -0.4 is 5.32 Å². The lowest BCUT2D eigenvalue weighted by Gasteiger charge is -2.60. The molecule has 8 rings (SSSR count). The van der Waals surface area contributed by atoms with Crippen molar-refractivity contribution >= 4 is 5.69 Å². The first-order valence-electron chi connectivity index (χ1n) is 21.4. The fourth-order valence-electron chi connectivity index (χ4n) is 15.2. The minimum atomic E-state index is -0.590. The van der Waals surface area contributed by atoms with Gasteiger partial charge >= 0.3 is 0 Å². The number of benzene rings is 1. The van der Waals surface area contributed by atoms with Gasteiger partial charge in [-0.3, -0.25) is 4.90 Å². The number of piperidine rings is 2. The minimum absolute atomic E-state index is 0.00504. The van der Waals surface area contributed by atoms with E-state index in [1.807, 2.05) is 7.05 Å². The van der Waals surface area contributed by atoms with E-state index in [9.17, 15) is 15.3 Å². The van der Waals surface area contributed by atoms with Crippen molar-refractivity contribution in [3.63, 3.8) is 0 Å². The number of fused-ring (bicyclic) bond motifs is 8. The van der Waals surface area contributed by atoms with E-state index in [1.54, 1.807) is 0 Å². The average molecular weight is 689 g/mol. The molecule has 2 heterocycles. The Balaban J connectivity index is 1.02. The second kappa shape index (κ2) is 13.3. The van der Waals surface area contributed by atoms with Crippen LogP contribution in [0.4, 0.5) is 5.69 Å². The van der Waals surface area contributed by atoms with Crippen molar-refractivity contribution in [2.45, 2.75) is 154 Å². The quantitative estimate of drug-likeness (QED) is 0.231. The molecule has 7 fully saturated rings. The average Bonchev–Trinajstić information content (AvgIpc) is 3.66. The Bertz CT molecular complexity index is 1360. The van der Waals surface area contributed by atoms with E-state index >= 15 is 0 Å². The molecule has 0 unspecified atom stereocenters. The zero-order chi connectivity index (χ0) is 35.2. The highest BCUT2D eigenvalue weighted by Crippen LogP contribution is 2.71. The summed E-state index contributed by atoms with van der Waals surface area (Å²) in [6.45, 7) is 14.2. The zero-order valence-electron chi connectivity index (χ0n) is 32.5. The second-order valence-electron chi connectivity index (χ2n) is 20.7. The van der Waals surface area contributed by atoms with E-state index in [4.69, 9.17) is 0 Å². The van der Waals surface area contributed by atoms with Crippen molar-refractivity contribution in [3.8, 4) is 0 Å². The highest BCUT2D eigenvalue weighted by molar-refractivity contribution is 5.46. The molecule has 280 valence electrons. The van der Waals surface area contributed by atoms with Gasteiger partial charge in [-0.05, 0) is 184 Å². The first kappa shape index (κ1) is 35.9. The van der Waals surface area contributed by atoms with Gasteiger partial charge in [-0.2, -0.15) is 0 Å². The molecule has 0 bridgehead atoms. The first-order valence-corrected chi connectivity index (χ1v) is 21.4. The molecule has 50 heavy (non-hydrogen) atoms. The first-order chi connectivity index (χ1) is 23.8. The van der Waals surface area contributed by atoms with E-state index in [0.717, 1.165) is 57.4 Å². The molecular weight excluding hydrogens is 617 g/mol. The molecule has 1 spiro atoms. The summed E-state index contributed by atoms with van der Waals surface area (Å²) >= 11 is 0. The molecule has 7 aliphatic rings. The molecule has 5 aliphatic carbocycles. The topological polar surface area (TPSA) is 76.0 Å². The van der Waals surface area contributed by atoms with Crippen molar-refractivity contribution in [1.29, 1.82) is 0 Å². The number of aliphatic hydroxyl groups is 3. The summed E-state index contributed by atoms with van der Waals surface area (Å²) in [4.78, 5) is 2.72. The van der Waals surface area contributed by atoms with Crippen LogP contribution in [0, 0.1) is 70.0 Å². The summed E-state index contributed by atoms with van der Waals surface area (Å²) in [7, 11) is 2.02. The number of hydrogen-bond acceptors (Lipinski definition) is 5. The summed E-state index contributed by atoms with van der Waals surface area (Å²) in [5, 5.41) is 39.6. The Labute approximate surface area is 304 Å².